The molecule has 0 spiro atoms. The highest BCUT2D eigenvalue weighted by atomic mass is 16.6. The van der Waals surface area contributed by atoms with Crippen molar-refractivity contribution < 1.29 is 28.5 Å². The number of fused-ring (bicyclic) bond motifs is 2. The van der Waals surface area contributed by atoms with Gasteiger partial charge in [-0.1, -0.05) is 127 Å². The molecule has 0 aliphatic carbocycles. The molecule has 0 radical (unpaired) electrons. The van der Waals surface area contributed by atoms with Crippen LogP contribution in [-0.4, -0.2) is 38.4 Å². The van der Waals surface area contributed by atoms with Crippen molar-refractivity contribution in [2.24, 2.45) is 0 Å². The van der Waals surface area contributed by atoms with Crippen molar-refractivity contribution in [2.45, 2.75) is 116 Å². The van der Waals surface area contributed by atoms with Gasteiger partial charge in [-0.15, -0.1) is 0 Å². The lowest BCUT2D eigenvalue weighted by Crippen LogP contribution is -2.29. The fraction of sp³-hybridized carbons (Fsp3) is 0.556. The van der Waals surface area contributed by atoms with Gasteiger partial charge in [0.25, 0.3) is 0 Å². The van der Waals surface area contributed by atoms with Gasteiger partial charge in [0.2, 0.25) is 0 Å². The van der Waals surface area contributed by atoms with E-state index in [2.05, 4.69) is 13.8 Å². The molecular formula is C36H50O6. The maximum absolute atomic E-state index is 12.8. The quantitative estimate of drug-likeness (QED) is 0.0756. The number of carbonyl (C=O) groups excluding carboxylic acids is 2. The van der Waals surface area contributed by atoms with Gasteiger partial charge in [0.05, 0.1) is 14.2 Å². The summed E-state index contributed by atoms with van der Waals surface area (Å²) in [7, 11) is 2.81. The number of methoxy groups -OCH3 is 2. The number of esters is 2. The largest absolute Gasteiger partial charge is 0.477 e. The van der Waals surface area contributed by atoms with Crippen molar-refractivity contribution in [1.82, 2.24) is 0 Å². The molecule has 2 atom stereocenters. The lowest BCUT2D eigenvalue weighted by Gasteiger charge is -2.23. The highest BCUT2D eigenvalue weighted by Crippen LogP contribution is 2.44. The van der Waals surface area contributed by atoms with Crippen molar-refractivity contribution >= 4 is 33.5 Å². The van der Waals surface area contributed by atoms with Gasteiger partial charge in [0, 0.05) is 21.5 Å². The summed E-state index contributed by atoms with van der Waals surface area (Å²) < 4.78 is 23.4. The van der Waals surface area contributed by atoms with Crippen LogP contribution in [0.2, 0.25) is 0 Å². The number of ether oxygens (including phenoxy) is 4. The van der Waals surface area contributed by atoms with Crippen LogP contribution in [0.5, 0.6) is 11.5 Å². The average molecular weight is 579 g/mol. The fourth-order valence-electron chi connectivity index (χ4n) is 5.52. The Kier molecular flexibility index (Phi) is 14.5. The van der Waals surface area contributed by atoms with E-state index < -0.39 is 12.2 Å². The van der Waals surface area contributed by atoms with Gasteiger partial charge in [-0.3, -0.25) is 0 Å². The Morgan fingerprint density at radius 1 is 0.524 bits per heavy atom. The van der Waals surface area contributed by atoms with Crippen molar-refractivity contribution in [3.63, 3.8) is 0 Å². The molecular weight excluding hydrogens is 528 g/mol. The number of rotatable bonds is 20. The first-order valence-corrected chi connectivity index (χ1v) is 16.0. The molecule has 3 aromatic rings. The summed E-state index contributed by atoms with van der Waals surface area (Å²) in [6.45, 7) is 4.41. The number of carbonyl (C=O) groups is 2. The van der Waals surface area contributed by atoms with E-state index in [0.717, 1.165) is 60.1 Å². The second-order valence-electron chi connectivity index (χ2n) is 11.1. The van der Waals surface area contributed by atoms with Crippen molar-refractivity contribution in [3.05, 3.63) is 48.5 Å². The number of benzene rings is 3. The summed E-state index contributed by atoms with van der Waals surface area (Å²) >= 11 is 0. The van der Waals surface area contributed by atoms with E-state index in [4.69, 9.17) is 18.9 Å². The van der Waals surface area contributed by atoms with Crippen LogP contribution in [0.3, 0.4) is 0 Å². The fourth-order valence-corrected chi connectivity index (χ4v) is 5.52. The van der Waals surface area contributed by atoms with Gasteiger partial charge < -0.3 is 18.9 Å². The maximum atomic E-state index is 12.8. The molecule has 0 aliphatic heterocycles. The van der Waals surface area contributed by atoms with Gasteiger partial charge in [0.15, 0.2) is 12.2 Å². The van der Waals surface area contributed by atoms with E-state index in [9.17, 15) is 9.59 Å². The van der Waals surface area contributed by atoms with Crippen molar-refractivity contribution in [1.29, 1.82) is 0 Å². The first-order valence-electron chi connectivity index (χ1n) is 16.0. The molecule has 3 aromatic carbocycles. The van der Waals surface area contributed by atoms with Crippen LogP contribution in [0.4, 0.5) is 0 Å². The van der Waals surface area contributed by atoms with Crippen LogP contribution < -0.4 is 9.47 Å². The Labute approximate surface area is 252 Å². The van der Waals surface area contributed by atoms with Crippen molar-refractivity contribution in [3.8, 4) is 11.5 Å². The average Bonchev–Trinajstić information content (AvgIpc) is 3.03. The standard InChI is InChI=1S/C36H50O6/c1-5-7-9-11-13-15-25-31(35(37)39-3)41-33-27-21-17-19-23-29(27)34(30-24-20-18-22-28(30)33)42-32(36(38)40-4)26-16-14-12-10-8-6-2/h17-24,31-32H,5-16,25-26H2,1-4H3. The predicted octanol–water partition coefficient (Wildman–Crippen LogP) is 9.34. The molecule has 0 amide bonds. The Morgan fingerprint density at radius 3 is 1.14 bits per heavy atom. The van der Waals surface area contributed by atoms with E-state index in [1.54, 1.807) is 0 Å². The molecule has 230 valence electrons. The van der Waals surface area contributed by atoms with E-state index in [1.165, 1.54) is 52.7 Å². The molecule has 0 N–H and O–H groups in total. The molecule has 0 saturated heterocycles. The molecule has 2 unspecified atom stereocenters. The molecule has 0 aliphatic rings. The van der Waals surface area contributed by atoms with E-state index in [-0.39, 0.29) is 11.9 Å². The molecule has 0 saturated carbocycles. The van der Waals surface area contributed by atoms with Crippen LogP contribution >= 0.6 is 0 Å². The zero-order chi connectivity index (χ0) is 30.2. The predicted molar refractivity (Wildman–Crippen MR) is 170 cm³/mol. The lowest BCUT2D eigenvalue weighted by molar-refractivity contribution is -0.149. The minimum absolute atomic E-state index is 0.373. The third kappa shape index (κ3) is 9.37. The summed E-state index contributed by atoms with van der Waals surface area (Å²) in [6.07, 6.45) is 13.2. The molecule has 3 rings (SSSR count). The normalized spacial score (nSPS) is 12.7. The minimum atomic E-state index is -0.713. The SMILES string of the molecule is CCCCCCCCC(Oc1c2ccccc2c(OC(CCCCCCCC)C(=O)OC)c2ccccc12)C(=O)OC. The smallest absolute Gasteiger partial charge is 0.347 e. The Hall–Kier alpha value is -3.28. The van der Waals surface area contributed by atoms with E-state index in [0.29, 0.717) is 24.3 Å². The number of hydrogen-bond donors (Lipinski definition) is 0. The van der Waals surface area contributed by atoms with Gasteiger partial charge in [-0.25, -0.2) is 9.59 Å². The second-order valence-corrected chi connectivity index (χ2v) is 11.1. The van der Waals surface area contributed by atoms with Crippen LogP contribution in [-0.2, 0) is 19.1 Å². The van der Waals surface area contributed by atoms with E-state index in [1.807, 2.05) is 48.5 Å². The molecule has 0 bridgehead atoms. The Balaban J connectivity index is 1.93. The first kappa shape index (κ1) is 33.2. The molecule has 0 heterocycles. The van der Waals surface area contributed by atoms with Crippen LogP contribution in [0.1, 0.15) is 104 Å². The maximum Gasteiger partial charge on any atom is 0.347 e. The van der Waals surface area contributed by atoms with Gasteiger partial charge in [0.1, 0.15) is 11.5 Å². The van der Waals surface area contributed by atoms with Crippen LogP contribution in [0.15, 0.2) is 48.5 Å². The third-order valence-electron chi connectivity index (χ3n) is 7.92. The molecule has 0 aromatic heterocycles. The molecule has 6 nitrogen and oxygen atoms in total. The van der Waals surface area contributed by atoms with Crippen LogP contribution in [0, 0.1) is 0 Å². The minimum Gasteiger partial charge on any atom is -0.477 e. The zero-order valence-corrected chi connectivity index (χ0v) is 26.1. The van der Waals surface area contributed by atoms with Gasteiger partial charge >= 0.3 is 11.9 Å². The summed E-state index contributed by atoms with van der Waals surface area (Å²) in [6, 6.07) is 15.7. The Morgan fingerprint density at radius 2 is 0.833 bits per heavy atom. The third-order valence-corrected chi connectivity index (χ3v) is 7.92. The first-order chi connectivity index (χ1) is 20.5. The van der Waals surface area contributed by atoms with Crippen LogP contribution in [0.25, 0.3) is 21.5 Å². The molecule has 6 heteroatoms. The molecule has 0 fully saturated rings. The van der Waals surface area contributed by atoms with Gasteiger partial charge in [-0.2, -0.15) is 0 Å². The topological polar surface area (TPSA) is 71.1 Å². The highest BCUT2D eigenvalue weighted by Gasteiger charge is 2.27. The number of unbranched alkanes of at least 4 members (excludes halogenated alkanes) is 10. The van der Waals surface area contributed by atoms with E-state index >= 15 is 0 Å². The Bertz CT molecular complexity index is 1100. The summed E-state index contributed by atoms with van der Waals surface area (Å²) in [5, 5.41) is 3.30. The molecule has 42 heavy (non-hydrogen) atoms. The zero-order valence-electron chi connectivity index (χ0n) is 26.1. The second kappa shape index (κ2) is 18.3. The number of hydrogen-bond acceptors (Lipinski definition) is 6. The van der Waals surface area contributed by atoms with Gasteiger partial charge in [-0.05, 0) is 25.7 Å². The summed E-state index contributed by atoms with van der Waals surface area (Å²) in [5.74, 6) is 0.504. The lowest BCUT2D eigenvalue weighted by atomic mass is 9.99. The summed E-state index contributed by atoms with van der Waals surface area (Å²) in [5.41, 5.74) is 0. The monoisotopic (exact) mass is 578 g/mol. The summed E-state index contributed by atoms with van der Waals surface area (Å²) in [4.78, 5) is 25.7. The van der Waals surface area contributed by atoms with Crippen molar-refractivity contribution in [2.75, 3.05) is 14.2 Å². The highest BCUT2D eigenvalue weighted by molar-refractivity contribution is 6.11.